The maximum atomic E-state index is 11.2. The highest BCUT2D eigenvalue weighted by Gasteiger charge is 2.16. The summed E-state index contributed by atoms with van der Waals surface area (Å²) >= 11 is 12.4. The van der Waals surface area contributed by atoms with Crippen molar-refractivity contribution in [2.45, 2.75) is 19.8 Å². The second-order valence-corrected chi connectivity index (χ2v) is 5.90. The summed E-state index contributed by atoms with van der Waals surface area (Å²) in [5, 5.41) is 1.08. The lowest BCUT2D eigenvalue weighted by Crippen LogP contribution is -1.94. The van der Waals surface area contributed by atoms with Crippen molar-refractivity contribution in [2.75, 3.05) is 0 Å². The van der Waals surface area contributed by atoms with E-state index < -0.39 is 0 Å². The number of oxazole rings is 1. The van der Waals surface area contributed by atoms with Crippen molar-refractivity contribution < 1.29 is 9.21 Å². The molecule has 0 saturated carbocycles. The van der Waals surface area contributed by atoms with E-state index in [4.69, 9.17) is 27.6 Å². The number of nitrogens with zero attached hydrogens (tertiary/aromatic N) is 1. The smallest absolute Gasteiger partial charge is 0.228 e. The number of carbonyl (C=O) groups excluding carboxylic acids is 1. The Balaban J connectivity index is 2.12. The molecule has 3 rings (SSSR count). The molecule has 0 N–H and O–H groups in total. The zero-order valence-corrected chi connectivity index (χ0v) is 13.4. The van der Waals surface area contributed by atoms with Crippen LogP contribution >= 0.6 is 23.2 Å². The molecule has 3 aromatic rings. The number of carbonyl (C=O) groups is 1. The van der Waals surface area contributed by atoms with Gasteiger partial charge in [0, 0.05) is 6.42 Å². The number of Topliss-reactive ketones (excluding diaryl/α,β-unsaturated/α-hetero) is 1. The fourth-order valence-electron chi connectivity index (χ4n) is 2.29. The van der Waals surface area contributed by atoms with E-state index in [-0.39, 0.29) is 5.78 Å². The molecule has 0 aliphatic heterocycles. The fraction of sp³-hybridized carbons (Fsp3) is 0.176. The summed E-state index contributed by atoms with van der Waals surface area (Å²) in [4.78, 5) is 15.7. The molecule has 1 heterocycles. The molecule has 0 radical (unpaired) electrons. The first-order chi connectivity index (χ1) is 10.6. The predicted octanol–water partition coefficient (Wildman–Crippen LogP) is 5.32. The van der Waals surface area contributed by atoms with Gasteiger partial charge in [0.2, 0.25) is 5.89 Å². The second-order valence-electron chi connectivity index (χ2n) is 5.09. The van der Waals surface area contributed by atoms with Gasteiger partial charge >= 0.3 is 0 Å². The Morgan fingerprint density at radius 2 is 1.91 bits per heavy atom. The van der Waals surface area contributed by atoms with Crippen molar-refractivity contribution in [3.8, 4) is 11.5 Å². The van der Waals surface area contributed by atoms with Crippen molar-refractivity contribution in [2.24, 2.45) is 0 Å². The van der Waals surface area contributed by atoms with Gasteiger partial charge in [-0.15, -0.1) is 0 Å². The van der Waals surface area contributed by atoms with E-state index in [1.807, 2.05) is 24.3 Å². The zero-order chi connectivity index (χ0) is 15.7. The molecular weight excluding hydrogens is 321 g/mol. The van der Waals surface area contributed by atoms with Gasteiger partial charge in [-0.25, -0.2) is 4.98 Å². The number of ketones is 1. The molecule has 0 bridgehead atoms. The Morgan fingerprint density at radius 3 is 2.64 bits per heavy atom. The van der Waals surface area contributed by atoms with Gasteiger partial charge in [-0.2, -0.15) is 0 Å². The Morgan fingerprint density at radius 1 is 1.14 bits per heavy atom. The first-order valence-corrected chi connectivity index (χ1v) is 7.64. The number of aromatic nitrogens is 1. The van der Waals surface area contributed by atoms with Gasteiger partial charge in [0.15, 0.2) is 5.58 Å². The van der Waals surface area contributed by atoms with Crippen LogP contribution in [0, 0.1) is 0 Å². The number of hydrogen-bond acceptors (Lipinski definition) is 3. The van der Waals surface area contributed by atoms with Crippen LogP contribution in [0.1, 0.15) is 18.9 Å². The lowest BCUT2D eigenvalue weighted by atomic mass is 10.1. The number of benzene rings is 2. The lowest BCUT2D eigenvalue weighted by Gasteiger charge is -2.01. The highest BCUT2D eigenvalue weighted by molar-refractivity contribution is 6.35. The minimum atomic E-state index is 0.133. The van der Waals surface area contributed by atoms with E-state index in [0.717, 1.165) is 5.56 Å². The Labute approximate surface area is 137 Å². The molecule has 0 unspecified atom stereocenters. The van der Waals surface area contributed by atoms with E-state index in [0.29, 0.717) is 45.4 Å². The lowest BCUT2D eigenvalue weighted by molar-refractivity contribution is -0.116. The molecule has 0 aliphatic rings. The second kappa shape index (κ2) is 6.11. The van der Waals surface area contributed by atoms with Gasteiger partial charge in [0.25, 0.3) is 0 Å². The summed E-state index contributed by atoms with van der Waals surface area (Å²) in [6.45, 7) is 1.57. The molecule has 3 nitrogen and oxygen atoms in total. The normalized spacial score (nSPS) is 11.0. The molecule has 22 heavy (non-hydrogen) atoms. The molecule has 5 heteroatoms. The SMILES string of the molecule is CC(=O)CCc1ccc(Cl)c2nc(-c3ccccc3Cl)oc12. The van der Waals surface area contributed by atoms with Gasteiger partial charge in [-0.3, -0.25) is 0 Å². The van der Waals surface area contributed by atoms with Crippen LogP contribution in [-0.2, 0) is 11.2 Å². The van der Waals surface area contributed by atoms with Gasteiger partial charge in [0.05, 0.1) is 15.6 Å². The molecule has 112 valence electrons. The molecule has 2 aromatic carbocycles. The van der Waals surface area contributed by atoms with E-state index in [9.17, 15) is 4.79 Å². The summed E-state index contributed by atoms with van der Waals surface area (Å²) in [6, 6.07) is 11.0. The number of rotatable bonds is 4. The van der Waals surface area contributed by atoms with Crippen molar-refractivity contribution in [1.82, 2.24) is 4.98 Å². The van der Waals surface area contributed by atoms with E-state index in [1.54, 1.807) is 19.1 Å². The molecular formula is C17H13Cl2NO2. The van der Waals surface area contributed by atoms with Crippen LogP contribution in [-0.4, -0.2) is 10.8 Å². The van der Waals surface area contributed by atoms with Crippen LogP contribution in [0.15, 0.2) is 40.8 Å². The largest absolute Gasteiger partial charge is 0.436 e. The topological polar surface area (TPSA) is 43.1 Å². The first kappa shape index (κ1) is 15.1. The summed E-state index contributed by atoms with van der Waals surface area (Å²) in [5.74, 6) is 0.562. The quantitative estimate of drug-likeness (QED) is 0.648. The minimum absolute atomic E-state index is 0.133. The Bertz CT molecular complexity index is 855. The van der Waals surface area contributed by atoms with Crippen LogP contribution in [0.5, 0.6) is 0 Å². The third-order valence-electron chi connectivity index (χ3n) is 3.43. The van der Waals surface area contributed by atoms with E-state index >= 15 is 0 Å². The summed E-state index contributed by atoms with van der Waals surface area (Å²) in [5.41, 5.74) is 2.84. The minimum Gasteiger partial charge on any atom is -0.436 e. The number of fused-ring (bicyclic) bond motifs is 1. The van der Waals surface area contributed by atoms with Crippen LogP contribution in [0.3, 0.4) is 0 Å². The van der Waals surface area contributed by atoms with Crippen LogP contribution in [0.2, 0.25) is 10.0 Å². The monoisotopic (exact) mass is 333 g/mol. The van der Waals surface area contributed by atoms with E-state index in [1.165, 1.54) is 0 Å². The third-order valence-corrected chi connectivity index (χ3v) is 4.06. The maximum absolute atomic E-state index is 11.2. The number of hydrogen-bond donors (Lipinski definition) is 0. The molecule has 0 saturated heterocycles. The third kappa shape index (κ3) is 2.87. The fourth-order valence-corrected chi connectivity index (χ4v) is 2.69. The number of aryl methyl sites for hydroxylation is 1. The van der Waals surface area contributed by atoms with Gasteiger partial charge in [0.1, 0.15) is 11.3 Å². The first-order valence-electron chi connectivity index (χ1n) is 6.88. The van der Waals surface area contributed by atoms with Crippen LogP contribution < -0.4 is 0 Å². The number of halogens is 2. The Hall–Kier alpha value is -1.84. The van der Waals surface area contributed by atoms with Crippen molar-refractivity contribution >= 4 is 40.1 Å². The molecule has 1 aromatic heterocycles. The van der Waals surface area contributed by atoms with Crippen molar-refractivity contribution in [1.29, 1.82) is 0 Å². The van der Waals surface area contributed by atoms with Gasteiger partial charge in [-0.05, 0) is 37.1 Å². The highest BCUT2D eigenvalue weighted by atomic mass is 35.5. The van der Waals surface area contributed by atoms with Gasteiger partial charge < -0.3 is 9.21 Å². The van der Waals surface area contributed by atoms with E-state index in [2.05, 4.69) is 4.98 Å². The van der Waals surface area contributed by atoms with Crippen molar-refractivity contribution in [3.05, 3.63) is 52.0 Å². The standard InChI is InChI=1S/C17H13Cl2NO2/c1-10(21)6-7-11-8-9-14(19)15-16(11)22-17(20-15)12-4-2-3-5-13(12)18/h2-5,8-9H,6-7H2,1H3. The summed E-state index contributed by atoms with van der Waals surface area (Å²) in [7, 11) is 0. The zero-order valence-electron chi connectivity index (χ0n) is 11.9. The molecule has 0 aliphatic carbocycles. The average Bonchev–Trinajstić information content (AvgIpc) is 2.93. The molecule has 0 fully saturated rings. The van der Waals surface area contributed by atoms with Crippen LogP contribution in [0.4, 0.5) is 0 Å². The average molecular weight is 334 g/mol. The van der Waals surface area contributed by atoms with Gasteiger partial charge in [-0.1, -0.05) is 41.4 Å². The summed E-state index contributed by atoms with van der Waals surface area (Å²) < 4.78 is 5.89. The van der Waals surface area contributed by atoms with Crippen molar-refractivity contribution in [3.63, 3.8) is 0 Å². The molecule has 0 amide bonds. The van der Waals surface area contributed by atoms with Crippen LogP contribution in [0.25, 0.3) is 22.6 Å². The predicted molar refractivity (Wildman–Crippen MR) is 88.5 cm³/mol. The Kier molecular flexibility index (Phi) is 4.19. The molecule has 0 atom stereocenters. The highest BCUT2D eigenvalue weighted by Crippen LogP contribution is 2.34. The maximum Gasteiger partial charge on any atom is 0.228 e. The molecule has 0 spiro atoms. The summed E-state index contributed by atoms with van der Waals surface area (Å²) in [6.07, 6.45) is 1.05.